The molecule has 1 aliphatic heterocycles. The average molecular weight is 374 g/mol. The van der Waals surface area contributed by atoms with Crippen LogP contribution < -0.4 is 0 Å². The summed E-state index contributed by atoms with van der Waals surface area (Å²) in [5.74, 6) is -0.286. The number of hydrogen-bond donors (Lipinski definition) is 0. The van der Waals surface area contributed by atoms with E-state index in [1.54, 1.807) is 34.4 Å². The fraction of sp³-hybridized carbons (Fsp3) is 0.400. The first-order valence-electron chi connectivity index (χ1n) is 8.95. The molecule has 138 valence electrons. The SMILES string of the molecule is O=C(CCc1cccs1)N1CCCN(C(=O)Cc2ccccc2F)CC1. The monoisotopic (exact) mass is 374 g/mol. The number of amides is 2. The Kier molecular flexibility index (Phi) is 6.39. The van der Waals surface area contributed by atoms with Gasteiger partial charge in [-0.3, -0.25) is 9.59 Å². The molecule has 2 amide bonds. The topological polar surface area (TPSA) is 40.6 Å². The van der Waals surface area contributed by atoms with Crippen molar-refractivity contribution in [1.82, 2.24) is 9.80 Å². The van der Waals surface area contributed by atoms with Crippen molar-refractivity contribution in [2.24, 2.45) is 0 Å². The quantitative estimate of drug-likeness (QED) is 0.807. The molecule has 1 saturated heterocycles. The number of benzene rings is 1. The van der Waals surface area contributed by atoms with Crippen molar-refractivity contribution in [2.45, 2.75) is 25.7 Å². The molecule has 0 unspecified atom stereocenters. The van der Waals surface area contributed by atoms with Gasteiger partial charge >= 0.3 is 0 Å². The Labute approximate surface area is 157 Å². The van der Waals surface area contributed by atoms with Crippen LogP contribution in [0.3, 0.4) is 0 Å². The van der Waals surface area contributed by atoms with Gasteiger partial charge in [0.25, 0.3) is 0 Å². The van der Waals surface area contributed by atoms with Crippen LogP contribution in [0.25, 0.3) is 0 Å². The highest BCUT2D eigenvalue weighted by atomic mass is 32.1. The number of thiophene rings is 1. The van der Waals surface area contributed by atoms with Crippen molar-refractivity contribution in [3.05, 3.63) is 58.0 Å². The molecule has 0 aliphatic carbocycles. The van der Waals surface area contributed by atoms with E-state index in [-0.39, 0.29) is 24.1 Å². The summed E-state index contributed by atoms with van der Waals surface area (Å²) >= 11 is 1.67. The van der Waals surface area contributed by atoms with E-state index >= 15 is 0 Å². The lowest BCUT2D eigenvalue weighted by Gasteiger charge is -2.22. The minimum Gasteiger partial charge on any atom is -0.341 e. The summed E-state index contributed by atoms with van der Waals surface area (Å²) in [6, 6.07) is 10.4. The van der Waals surface area contributed by atoms with Crippen LogP contribution in [0.5, 0.6) is 0 Å². The Morgan fingerprint density at radius 1 is 0.962 bits per heavy atom. The maximum Gasteiger partial charge on any atom is 0.227 e. The molecule has 2 heterocycles. The van der Waals surface area contributed by atoms with Gasteiger partial charge in [-0.05, 0) is 35.9 Å². The van der Waals surface area contributed by atoms with Crippen molar-refractivity contribution in [2.75, 3.05) is 26.2 Å². The van der Waals surface area contributed by atoms with Crippen LogP contribution in [0.4, 0.5) is 4.39 Å². The summed E-state index contributed by atoms with van der Waals surface area (Å²) in [5, 5.41) is 2.02. The van der Waals surface area contributed by atoms with Crippen molar-refractivity contribution in [3.63, 3.8) is 0 Å². The first-order chi connectivity index (χ1) is 12.6. The standard InChI is InChI=1S/C20H23FN2O2S/c21-18-7-2-1-5-16(18)15-20(25)23-11-4-10-22(12-13-23)19(24)9-8-17-6-3-14-26-17/h1-3,5-7,14H,4,8-13,15H2. The molecule has 0 atom stereocenters. The first kappa shape index (κ1) is 18.6. The number of rotatable bonds is 5. The Morgan fingerprint density at radius 2 is 1.69 bits per heavy atom. The van der Waals surface area contributed by atoms with E-state index in [4.69, 9.17) is 0 Å². The molecule has 3 rings (SSSR count). The van der Waals surface area contributed by atoms with Crippen LogP contribution >= 0.6 is 11.3 Å². The molecule has 0 N–H and O–H groups in total. The summed E-state index contributed by atoms with van der Waals surface area (Å²) in [6.45, 7) is 2.35. The Balaban J connectivity index is 1.50. The fourth-order valence-corrected chi connectivity index (χ4v) is 3.88. The normalized spacial score (nSPS) is 15.0. The summed E-state index contributed by atoms with van der Waals surface area (Å²) < 4.78 is 13.7. The van der Waals surface area contributed by atoms with Gasteiger partial charge in [0, 0.05) is 37.5 Å². The average Bonchev–Trinajstić information content (AvgIpc) is 3.04. The Bertz CT molecular complexity index is 748. The molecule has 0 radical (unpaired) electrons. The second-order valence-corrected chi connectivity index (χ2v) is 7.49. The molecule has 6 heteroatoms. The van der Waals surface area contributed by atoms with Gasteiger partial charge in [0.05, 0.1) is 6.42 Å². The molecule has 2 aromatic rings. The van der Waals surface area contributed by atoms with Crippen molar-refractivity contribution >= 4 is 23.2 Å². The summed E-state index contributed by atoms with van der Waals surface area (Å²) in [4.78, 5) is 29.7. The second-order valence-electron chi connectivity index (χ2n) is 6.46. The van der Waals surface area contributed by atoms with Crippen molar-refractivity contribution < 1.29 is 14.0 Å². The second kappa shape index (κ2) is 8.94. The van der Waals surface area contributed by atoms with Crippen molar-refractivity contribution in [1.29, 1.82) is 0 Å². The van der Waals surface area contributed by atoms with E-state index in [1.165, 1.54) is 10.9 Å². The van der Waals surface area contributed by atoms with Gasteiger partial charge in [-0.25, -0.2) is 4.39 Å². The molecule has 4 nitrogen and oxygen atoms in total. The number of halogens is 1. The zero-order valence-corrected chi connectivity index (χ0v) is 15.5. The van der Waals surface area contributed by atoms with E-state index in [0.717, 1.165) is 12.8 Å². The molecule has 1 aromatic carbocycles. The van der Waals surface area contributed by atoms with Crippen molar-refractivity contribution in [3.8, 4) is 0 Å². The molecule has 26 heavy (non-hydrogen) atoms. The van der Waals surface area contributed by atoms with E-state index in [1.807, 2.05) is 22.4 Å². The van der Waals surface area contributed by atoms with E-state index in [2.05, 4.69) is 0 Å². The predicted octanol–water partition coefficient (Wildman–Crippen LogP) is 3.12. The number of aryl methyl sites for hydroxylation is 1. The third-order valence-electron chi connectivity index (χ3n) is 4.67. The van der Waals surface area contributed by atoms with E-state index in [0.29, 0.717) is 38.2 Å². The molecule has 1 aliphatic rings. The molecular formula is C20H23FN2O2S. The molecule has 0 bridgehead atoms. The van der Waals surface area contributed by atoms with Gasteiger partial charge in [0.1, 0.15) is 5.82 Å². The van der Waals surface area contributed by atoms with Gasteiger partial charge < -0.3 is 9.80 Å². The largest absolute Gasteiger partial charge is 0.341 e. The minimum absolute atomic E-state index is 0.0685. The first-order valence-corrected chi connectivity index (χ1v) is 9.83. The zero-order valence-electron chi connectivity index (χ0n) is 14.7. The minimum atomic E-state index is -0.346. The highest BCUT2D eigenvalue weighted by Gasteiger charge is 2.22. The summed E-state index contributed by atoms with van der Waals surface area (Å²) in [7, 11) is 0. The highest BCUT2D eigenvalue weighted by Crippen LogP contribution is 2.14. The third kappa shape index (κ3) is 4.91. The van der Waals surface area contributed by atoms with Gasteiger partial charge in [0.2, 0.25) is 11.8 Å². The van der Waals surface area contributed by atoms with Crippen LogP contribution in [0.1, 0.15) is 23.3 Å². The van der Waals surface area contributed by atoms with Gasteiger partial charge in [-0.2, -0.15) is 0 Å². The van der Waals surface area contributed by atoms with Crippen LogP contribution in [0.15, 0.2) is 41.8 Å². The van der Waals surface area contributed by atoms with E-state index in [9.17, 15) is 14.0 Å². The summed E-state index contributed by atoms with van der Waals surface area (Å²) in [5.41, 5.74) is 0.422. The Morgan fingerprint density at radius 3 is 2.38 bits per heavy atom. The maximum absolute atomic E-state index is 13.7. The highest BCUT2D eigenvalue weighted by molar-refractivity contribution is 7.09. The molecular weight excluding hydrogens is 351 g/mol. The predicted molar refractivity (Wildman–Crippen MR) is 101 cm³/mol. The fourth-order valence-electron chi connectivity index (χ4n) is 3.18. The molecule has 1 aromatic heterocycles. The summed E-state index contributed by atoms with van der Waals surface area (Å²) in [6.07, 6.45) is 2.10. The van der Waals surface area contributed by atoms with Crippen LogP contribution in [-0.4, -0.2) is 47.8 Å². The van der Waals surface area contributed by atoms with Crippen LogP contribution in [0.2, 0.25) is 0 Å². The Hall–Kier alpha value is -2.21. The lowest BCUT2D eigenvalue weighted by atomic mass is 10.1. The van der Waals surface area contributed by atoms with Crippen LogP contribution in [0, 0.1) is 5.82 Å². The maximum atomic E-state index is 13.7. The molecule has 1 fully saturated rings. The van der Waals surface area contributed by atoms with Gasteiger partial charge in [0.15, 0.2) is 0 Å². The smallest absolute Gasteiger partial charge is 0.227 e. The van der Waals surface area contributed by atoms with E-state index < -0.39 is 0 Å². The lowest BCUT2D eigenvalue weighted by Crippen LogP contribution is -2.38. The number of carbonyl (C=O) groups excluding carboxylic acids is 2. The molecule has 0 saturated carbocycles. The van der Waals surface area contributed by atoms with Crippen LogP contribution in [-0.2, 0) is 22.4 Å². The third-order valence-corrected chi connectivity index (χ3v) is 5.60. The van der Waals surface area contributed by atoms with Gasteiger partial charge in [-0.15, -0.1) is 11.3 Å². The number of nitrogens with zero attached hydrogens (tertiary/aromatic N) is 2. The number of hydrogen-bond acceptors (Lipinski definition) is 3. The van der Waals surface area contributed by atoms with Gasteiger partial charge in [-0.1, -0.05) is 24.3 Å². The molecule has 0 spiro atoms. The number of carbonyl (C=O) groups is 2. The lowest BCUT2D eigenvalue weighted by molar-refractivity contribution is -0.133. The zero-order chi connectivity index (χ0) is 18.4.